The van der Waals surface area contributed by atoms with Gasteiger partial charge in [-0.15, -0.1) is 16.8 Å². The quantitative estimate of drug-likeness (QED) is 0.615. The van der Waals surface area contributed by atoms with Crippen LogP contribution >= 0.6 is 23.1 Å². The Morgan fingerprint density at radius 3 is 2.83 bits per heavy atom. The van der Waals surface area contributed by atoms with Gasteiger partial charge in [0.05, 0.1) is 4.91 Å². The molecule has 1 amide bonds. The number of carbonyl (C=O) groups is 1. The van der Waals surface area contributed by atoms with Gasteiger partial charge in [0.2, 0.25) is 5.13 Å². The lowest BCUT2D eigenvalue weighted by atomic mass is 10.2. The van der Waals surface area contributed by atoms with Gasteiger partial charge in [0.1, 0.15) is 10.8 Å². The molecule has 0 atom stereocenters. The number of aromatic nitrogens is 2. The van der Waals surface area contributed by atoms with Gasteiger partial charge in [-0.1, -0.05) is 35.6 Å². The van der Waals surface area contributed by atoms with Crippen LogP contribution in [0.25, 0.3) is 6.08 Å². The van der Waals surface area contributed by atoms with Crippen LogP contribution in [-0.2, 0) is 4.79 Å². The van der Waals surface area contributed by atoms with Crippen LogP contribution in [-0.4, -0.2) is 32.7 Å². The van der Waals surface area contributed by atoms with E-state index in [0.717, 1.165) is 5.01 Å². The van der Waals surface area contributed by atoms with Crippen molar-refractivity contribution < 1.29 is 9.18 Å². The van der Waals surface area contributed by atoms with Crippen LogP contribution in [0.15, 0.2) is 46.8 Å². The molecule has 0 saturated carbocycles. The minimum Gasteiger partial charge on any atom is -0.282 e. The zero-order chi connectivity index (χ0) is 17.1. The molecule has 0 aliphatic carbocycles. The van der Waals surface area contributed by atoms with Crippen molar-refractivity contribution in [1.29, 1.82) is 0 Å². The van der Waals surface area contributed by atoms with Crippen molar-refractivity contribution in [1.82, 2.24) is 15.1 Å². The van der Waals surface area contributed by atoms with Crippen molar-refractivity contribution >= 4 is 45.4 Å². The lowest BCUT2D eigenvalue weighted by Gasteiger charge is -2.11. The van der Waals surface area contributed by atoms with E-state index in [-0.39, 0.29) is 11.7 Å². The van der Waals surface area contributed by atoms with E-state index in [0.29, 0.717) is 27.3 Å². The Hall–Kier alpha value is -2.32. The first kappa shape index (κ1) is 16.5. The van der Waals surface area contributed by atoms with E-state index in [1.54, 1.807) is 24.3 Å². The van der Waals surface area contributed by atoms with Gasteiger partial charge in [0.25, 0.3) is 5.91 Å². The molecule has 1 aliphatic rings. The Kier molecular flexibility index (Phi) is 4.86. The first-order chi connectivity index (χ1) is 11.6. The molecule has 122 valence electrons. The maximum atomic E-state index is 13.8. The summed E-state index contributed by atoms with van der Waals surface area (Å²) < 4.78 is 13.8. The number of amides is 1. The summed E-state index contributed by atoms with van der Waals surface area (Å²) in [6.07, 6.45) is 3.15. The Morgan fingerprint density at radius 1 is 1.38 bits per heavy atom. The van der Waals surface area contributed by atoms with E-state index in [9.17, 15) is 9.18 Å². The Balaban J connectivity index is 1.96. The SMILES string of the molecule is C=CCN1C(=O)/C(=C\c2ccccc2F)SC1=Nc1nnc(C)s1. The average molecular weight is 360 g/mol. The Labute approximate surface area is 146 Å². The highest BCUT2D eigenvalue weighted by molar-refractivity contribution is 8.18. The van der Waals surface area contributed by atoms with Gasteiger partial charge in [0, 0.05) is 12.1 Å². The highest BCUT2D eigenvalue weighted by Gasteiger charge is 2.33. The molecule has 1 aromatic heterocycles. The second kappa shape index (κ2) is 7.06. The molecule has 0 spiro atoms. The minimum absolute atomic E-state index is 0.233. The second-order valence-electron chi connectivity index (χ2n) is 4.83. The molecule has 3 rings (SSSR count). The van der Waals surface area contributed by atoms with Gasteiger partial charge in [-0.25, -0.2) is 4.39 Å². The number of benzene rings is 1. The Bertz CT molecular complexity index is 859. The highest BCUT2D eigenvalue weighted by Crippen LogP contribution is 2.34. The van der Waals surface area contributed by atoms with Gasteiger partial charge in [-0.3, -0.25) is 9.69 Å². The second-order valence-corrected chi connectivity index (χ2v) is 7.00. The van der Waals surface area contributed by atoms with Gasteiger partial charge >= 0.3 is 0 Å². The average Bonchev–Trinajstić information content (AvgIpc) is 3.09. The fraction of sp³-hybridized carbons (Fsp3) is 0.125. The van der Waals surface area contributed by atoms with E-state index in [2.05, 4.69) is 21.8 Å². The predicted molar refractivity (Wildman–Crippen MR) is 95.6 cm³/mol. The summed E-state index contributed by atoms with van der Waals surface area (Å²) in [5.74, 6) is -0.609. The molecular formula is C16H13FN4OS2. The van der Waals surface area contributed by atoms with Crippen molar-refractivity contribution in [3.05, 3.63) is 58.2 Å². The maximum absolute atomic E-state index is 13.8. The summed E-state index contributed by atoms with van der Waals surface area (Å²) in [5, 5.41) is 9.61. The van der Waals surface area contributed by atoms with Crippen LogP contribution in [0, 0.1) is 12.7 Å². The molecular weight excluding hydrogens is 347 g/mol. The van der Waals surface area contributed by atoms with Gasteiger partial charge < -0.3 is 0 Å². The van der Waals surface area contributed by atoms with Crippen molar-refractivity contribution in [2.75, 3.05) is 6.54 Å². The third-order valence-electron chi connectivity index (χ3n) is 3.10. The molecule has 24 heavy (non-hydrogen) atoms. The number of amidine groups is 1. The van der Waals surface area contributed by atoms with E-state index in [1.807, 2.05) is 6.92 Å². The maximum Gasteiger partial charge on any atom is 0.267 e. The van der Waals surface area contributed by atoms with Crippen LogP contribution in [0.4, 0.5) is 9.52 Å². The van der Waals surface area contributed by atoms with Gasteiger partial charge in [0.15, 0.2) is 5.17 Å². The summed E-state index contributed by atoms with van der Waals surface area (Å²) in [5.41, 5.74) is 0.361. The van der Waals surface area contributed by atoms with Crippen LogP contribution in [0.2, 0.25) is 0 Å². The number of hydrogen-bond donors (Lipinski definition) is 0. The van der Waals surface area contributed by atoms with Gasteiger partial charge in [-0.2, -0.15) is 4.99 Å². The lowest BCUT2D eigenvalue weighted by Crippen LogP contribution is -2.29. The fourth-order valence-electron chi connectivity index (χ4n) is 2.03. The number of halogens is 1. The van der Waals surface area contributed by atoms with E-state index in [4.69, 9.17) is 0 Å². The molecule has 0 radical (unpaired) electrons. The number of rotatable bonds is 4. The van der Waals surface area contributed by atoms with Crippen molar-refractivity contribution in [3.8, 4) is 0 Å². The summed E-state index contributed by atoms with van der Waals surface area (Å²) >= 11 is 2.52. The number of nitrogens with zero attached hydrogens (tertiary/aromatic N) is 4. The zero-order valence-corrected chi connectivity index (χ0v) is 14.4. The number of carbonyl (C=O) groups excluding carboxylic acids is 1. The molecule has 1 saturated heterocycles. The van der Waals surface area contributed by atoms with Crippen molar-refractivity contribution in [2.24, 2.45) is 4.99 Å². The van der Waals surface area contributed by atoms with Gasteiger partial charge in [-0.05, 0) is 30.8 Å². The zero-order valence-electron chi connectivity index (χ0n) is 12.8. The molecule has 8 heteroatoms. The first-order valence-corrected chi connectivity index (χ1v) is 8.67. The molecule has 0 unspecified atom stereocenters. The summed E-state index contributed by atoms with van der Waals surface area (Å²) in [6.45, 7) is 5.81. The van der Waals surface area contributed by atoms with E-state index in [1.165, 1.54) is 40.1 Å². The third-order valence-corrected chi connectivity index (χ3v) is 4.84. The van der Waals surface area contributed by atoms with Crippen LogP contribution in [0.5, 0.6) is 0 Å². The van der Waals surface area contributed by atoms with Crippen molar-refractivity contribution in [3.63, 3.8) is 0 Å². The number of aryl methyl sites for hydroxylation is 1. The fourth-order valence-corrected chi connectivity index (χ4v) is 3.63. The number of hydrogen-bond acceptors (Lipinski definition) is 6. The monoisotopic (exact) mass is 360 g/mol. The minimum atomic E-state index is -0.376. The number of thioether (sulfide) groups is 1. The predicted octanol–water partition coefficient (Wildman–Crippen LogP) is 3.78. The molecule has 2 heterocycles. The first-order valence-electron chi connectivity index (χ1n) is 7.04. The molecule has 0 bridgehead atoms. The molecule has 2 aromatic rings. The third kappa shape index (κ3) is 3.44. The standard InChI is InChI=1S/C16H13FN4OS2/c1-3-8-21-14(22)13(9-11-6-4-5-7-12(11)17)24-16(21)18-15-20-19-10(2)23-15/h3-7,9H,1,8H2,2H3/b13-9+,18-16?. The summed E-state index contributed by atoms with van der Waals surface area (Å²) in [4.78, 5) is 18.9. The number of aliphatic imine (C=N–C) groups is 1. The van der Waals surface area contributed by atoms with Crippen molar-refractivity contribution in [2.45, 2.75) is 6.92 Å². The lowest BCUT2D eigenvalue weighted by molar-refractivity contribution is -0.121. The molecule has 5 nitrogen and oxygen atoms in total. The molecule has 1 aromatic carbocycles. The normalized spacial score (nSPS) is 17.9. The summed E-state index contributed by atoms with van der Waals surface area (Å²) in [6, 6.07) is 6.31. The summed E-state index contributed by atoms with van der Waals surface area (Å²) in [7, 11) is 0. The van der Waals surface area contributed by atoms with Crippen LogP contribution in [0.1, 0.15) is 10.6 Å². The molecule has 1 fully saturated rings. The Morgan fingerprint density at radius 2 is 2.17 bits per heavy atom. The topological polar surface area (TPSA) is 58.5 Å². The highest BCUT2D eigenvalue weighted by atomic mass is 32.2. The van der Waals surface area contributed by atoms with Crippen LogP contribution in [0.3, 0.4) is 0 Å². The molecule has 1 aliphatic heterocycles. The largest absolute Gasteiger partial charge is 0.282 e. The van der Waals surface area contributed by atoms with Crippen LogP contribution < -0.4 is 0 Å². The van der Waals surface area contributed by atoms with E-state index < -0.39 is 0 Å². The smallest absolute Gasteiger partial charge is 0.267 e. The molecule has 0 N–H and O–H groups in total. The van der Waals surface area contributed by atoms with E-state index >= 15 is 0 Å².